The van der Waals surface area contributed by atoms with Crippen LogP contribution in [0.15, 0.2) is 0 Å². The Morgan fingerprint density at radius 2 is 1.56 bits per heavy atom. The summed E-state index contributed by atoms with van der Waals surface area (Å²) in [7, 11) is 0. The summed E-state index contributed by atoms with van der Waals surface area (Å²) >= 11 is 0. The van der Waals surface area contributed by atoms with Crippen LogP contribution < -0.4 is 21.7 Å². The molecule has 14 nitrogen and oxygen atoms in total. The van der Waals surface area contributed by atoms with E-state index in [9.17, 15) is 39.6 Å². The molecule has 1 fully saturated rings. The molecule has 1 aliphatic rings. The van der Waals surface area contributed by atoms with Gasteiger partial charge in [0, 0.05) is 6.92 Å². The van der Waals surface area contributed by atoms with Gasteiger partial charge in [0.15, 0.2) is 6.29 Å². The van der Waals surface area contributed by atoms with Crippen molar-refractivity contribution in [3.05, 3.63) is 0 Å². The van der Waals surface area contributed by atoms with Crippen LogP contribution in [0.1, 0.15) is 34.6 Å². The molecule has 0 unspecified atom stereocenters. The minimum atomic E-state index is -1.59. The molecule has 9 atom stereocenters. The fraction of sp³-hybridized carbons (Fsp3) is 0.800. The van der Waals surface area contributed by atoms with E-state index in [1.54, 1.807) is 13.8 Å². The van der Waals surface area contributed by atoms with Crippen molar-refractivity contribution in [2.24, 2.45) is 11.7 Å². The first-order valence-electron chi connectivity index (χ1n) is 10.8. The molecule has 1 saturated heterocycles. The predicted octanol–water partition coefficient (Wildman–Crippen LogP) is -3.61. The van der Waals surface area contributed by atoms with Gasteiger partial charge in [0.1, 0.15) is 36.4 Å². The van der Waals surface area contributed by atoms with Crippen molar-refractivity contribution in [2.45, 2.75) is 89.5 Å². The van der Waals surface area contributed by atoms with Crippen molar-refractivity contribution >= 4 is 23.7 Å². The van der Waals surface area contributed by atoms with Gasteiger partial charge in [-0.05, 0) is 19.8 Å². The standard InChI is InChI=1S/C20H36N4O10/c1-7(2)12(19(31)32)23-18(30)13(24-17(29)8(3)21)9(4)33-20-14(22-10(5)26)16(28)15(27)11(6-25)34-20/h7-9,11-16,20,25,27-28H,6,21H2,1-5H3,(H,22,26)(H,23,30)(H,24,29)(H,31,32)/t8-,9+,11+,12-,13-,14+,15-,16+,20-/m0/s1. The molecule has 196 valence electrons. The van der Waals surface area contributed by atoms with E-state index in [0.29, 0.717) is 0 Å². The second kappa shape index (κ2) is 12.9. The molecular weight excluding hydrogens is 456 g/mol. The maximum atomic E-state index is 13.0. The Hall–Kier alpha value is -2.36. The average Bonchev–Trinajstić information content (AvgIpc) is 2.73. The van der Waals surface area contributed by atoms with Crippen LogP contribution in [0.4, 0.5) is 0 Å². The van der Waals surface area contributed by atoms with E-state index in [-0.39, 0.29) is 0 Å². The summed E-state index contributed by atoms with van der Waals surface area (Å²) in [6.07, 6.45) is -7.04. The highest BCUT2D eigenvalue weighted by atomic mass is 16.7. The molecule has 0 saturated carbocycles. The Kier molecular flexibility index (Phi) is 11.3. The summed E-state index contributed by atoms with van der Waals surface area (Å²) in [5.74, 6) is -3.94. The predicted molar refractivity (Wildman–Crippen MR) is 116 cm³/mol. The van der Waals surface area contributed by atoms with E-state index in [4.69, 9.17) is 15.2 Å². The number of hydrogen-bond donors (Lipinski definition) is 8. The van der Waals surface area contributed by atoms with E-state index < -0.39 is 91.1 Å². The number of carbonyl (C=O) groups is 4. The van der Waals surface area contributed by atoms with Gasteiger partial charge in [-0.2, -0.15) is 0 Å². The number of rotatable bonds is 11. The lowest BCUT2D eigenvalue weighted by Crippen LogP contribution is -2.66. The topological polar surface area (TPSA) is 230 Å². The molecule has 3 amide bonds. The van der Waals surface area contributed by atoms with Gasteiger partial charge >= 0.3 is 5.97 Å². The Bertz CT molecular complexity index is 734. The van der Waals surface area contributed by atoms with Crippen molar-refractivity contribution in [3.63, 3.8) is 0 Å². The molecule has 34 heavy (non-hydrogen) atoms. The monoisotopic (exact) mass is 492 g/mol. The number of nitrogens with one attached hydrogen (secondary N) is 3. The van der Waals surface area contributed by atoms with Gasteiger partial charge in [-0.1, -0.05) is 13.8 Å². The van der Waals surface area contributed by atoms with Crippen molar-refractivity contribution in [2.75, 3.05) is 6.61 Å². The van der Waals surface area contributed by atoms with E-state index in [1.165, 1.54) is 13.8 Å². The van der Waals surface area contributed by atoms with Gasteiger partial charge in [-0.3, -0.25) is 14.4 Å². The van der Waals surface area contributed by atoms with Crippen molar-refractivity contribution < 1.29 is 49.1 Å². The minimum absolute atomic E-state index is 0.477. The lowest BCUT2D eigenvalue weighted by molar-refractivity contribution is -0.281. The zero-order valence-corrected chi connectivity index (χ0v) is 19.8. The third kappa shape index (κ3) is 7.85. The first-order valence-corrected chi connectivity index (χ1v) is 10.8. The second-order valence-electron chi connectivity index (χ2n) is 8.62. The molecule has 0 spiro atoms. The lowest BCUT2D eigenvalue weighted by atomic mass is 9.96. The van der Waals surface area contributed by atoms with Crippen LogP contribution in [0, 0.1) is 5.92 Å². The molecular formula is C20H36N4O10. The van der Waals surface area contributed by atoms with Gasteiger partial charge in [-0.25, -0.2) is 4.79 Å². The fourth-order valence-electron chi connectivity index (χ4n) is 3.31. The van der Waals surface area contributed by atoms with Crippen molar-refractivity contribution in [1.82, 2.24) is 16.0 Å². The highest BCUT2D eigenvalue weighted by Gasteiger charge is 2.47. The maximum Gasteiger partial charge on any atom is 0.326 e. The lowest BCUT2D eigenvalue weighted by Gasteiger charge is -2.43. The van der Waals surface area contributed by atoms with Crippen LogP contribution in [-0.4, -0.2) is 106 Å². The van der Waals surface area contributed by atoms with Crippen LogP contribution in [0.25, 0.3) is 0 Å². The molecule has 9 N–H and O–H groups in total. The number of aliphatic hydroxyl groups is 3. The van der Waals surface area contributed by atoms with Crippen LogP contribution in [0.2, 0.25) is 0 Å². The zero-order chi connectivity index (χ0) is 26.3. The summed E-state index contributed by atoms with van der Waals surface area (Å²) in [5, 5.41) is 46.5. The molecule has 0 aromatic rings. The molecule has 14 heteroatoms. The second-order valence-corrected chi connectivity index (χ2v) is 8.62. The van der Waals surface area contributed by atoms with Crippen LogP contribution in [-0.2, 0) is 28.7 Å². The molecule has 0 aromatic carbocycles. The smallest absolute Gasteiger partial charge is 0.326 e. The number of aliphatic carboxylic acids is 1. The maximum absolute atomic E-state index is 13.0. The largest absolute Gasteiger partial charge is 0.480 e. The number of amides is 3. The average molecular weight is 493 g/mol. The first kappa shape index (κ1) is 29.7. The molecule has 0 bridgehead atoms. The summed E-state index contributed by atoms with van der Waals surface area (Å²) in [6.45, 7) is 6.41. The SMILES string of the molecule is CC(=O)N[C@H]1[C@@H](O[C@H](C)[C@H](NC(=O)[C@H](C)N)C(=O)N[C@H](C(=O)O)C(C)C)O[C@H](CO)[C@H](O)[C@@H]1O. The number of hydrogen-bond acceptors (Lipinski definition) is 10. The Labute approximate surface area is 197 Å². The highest BCUT2D eigenvalue weighted by molar-refractivity contribution is 5.92. The Morgan fingerprint density at radius 1 is 1.00 bits per heavy atom. The zero-order valence-electron chi connectivity index (χ0n) is 19.8. The molecule has 0 aliphatic carbocycles. The molecule has 1 rings (SSSR count). The highest BCUT2D eigenvalue weighted by Crippen LogP contribution is 2.24. The van der Waals surface area contributed by atoms with Gasteiger partial charge < -0.3 is 51.6 Å². The van der Waals surface area contributed by atoms with Crippen LogP contribution in [0.3, 0.4) is 0 Å². The summed E-state index contributed by atoms with van der Waals surface area (Å²) in [6, 6.07) is -5.00. The number of carbonyl (C=O) groups excluding carboxylic acids is 3. The van der Waals surface area contributed by atoms with Crippen molar-refractivity contribution in [1.29, 1.82) is 0 Å². The molecule has 1 heterocycles. The summed E-state index contributed by atoms with van der Waals surface area (Å²) < 4.78 is 11.2. The third-order valence-corrected chi connectivity index (χ3v) is 5.29. The summed E-state index contributed by atoms with van der Waals surface area (Å²) in [4.78, 5) is 48.3. The van der Waals surface area contributed by atoms with Gasteiger partial charge in [0.25, 0.3) is 0 Å². The van der Waals surface area contributed by atoms with Crippen LogP contribution in [0.5, 0.6) is 0 Å². The van der Waals surface area contributed by atoms with Crippen molar-refractivity contribution in [3.8, 4) is 0 Å². The van der Waals surface area contributed by atoms with Gasteiger partial charge in [0.05, 0.1) is 18.8 Å². The number of ether oxygens (including phenoxy) is 2. The Morgan fingerprint density at radius 3 is 2.00 bits per heavy atom. The summed E-state index contributed by atoms with van der Waals surface area (Å²) in [5.41, 5.74) is 5.57. The van der Waals surface area contributed by atoms with E-state index in [1.807, 2.05) is 0 Å². The fourth-order valence-corrected chi connectivity index (χ4v) is 3.31. The minimum Gasteiger partial charge on any atom is -0.480 e. The Balaban J connectivity index is 3.19. The van der Waals surface area contributed by atoms with E-state index in [2.05, 4.69) is 16.0 Å². The number of carboxylic acid groups (broad SMARTS) is 1. The quantitative estimate of drug-likeness (QED) is 0.140. The number of carboxylic acids is 1. The van der Waals surface area contributed by atoms with Crippen LogP contribution >= 0.6 is 0 Å². The number of aliphatic hydroxyl groups excluding tert-OH is 3. The molecule has 0 radical (unpaired) electrons. The van der Waals surface area contributed by atoms with E-state index in [0.717, 1.165) is 6.92 Å². The normalized spacial score (nSPS) is 28.4. The van der Waals surface area contributed by atoms with Gasteiger partial charge in [-0.15, -0.1) is 0 Å². The van der Waals surface area contributed by atoms with Gasteiger partial charge in [0.2, 0.25) is 17.7 Å². The number of nitrogens with two attached hydrogens (primary N) is 1. The third-order valence-electron chi connectivity index (χ3n) is 5.29. The van der Waals surface area contributed by atoms with E-state index >= 15 is 0 Å². The first-order chi connectivity index (χ1) is 15.7. The molecule has 1 aliphatic heterocycles. The molecule has 0 aromatic heterocycles.